The molecule has 30 heavy (non-hydrogen) atoms. The summed E-state index contributed by atoms with van der Waals surface area (Å²) in [5.41, 5.74) is 5.04. The van der Waals surface area contributed by atoms with Crippen molar-refractivity contribution in [1.82, 2.24) is 5.32 Å². The van der Waals surface area contributed by atoms with Crippen LogP contribution >= 0.6 is 0 Å². The van der Waals surface area contributed by atoms with E-state index in [9.17, 15) is 9.59 Å². The van der Waals surface area contributed by atoms with Gasteiger partial charge in [0.2, 0.25) is 0 Å². The zero-order chi connectivity index (χ0) is 21.4. The molecular formula is C24H27N3O3. The number of carbonyl (C=O) groups is 2. The summed E-state index contributed by atoms with van der Waals surface area (Å²) in [5.74, 6) is 0.399. The van der Waals surface area contributed by atoms with Gasteiger partial charge in [-0.1, -0.05) is 12.1 Å². The fourth-order valence-corrected chi connectivity index (χ4v) is 4.15. The van der Waals surface area contributed by atoms with Crippen LogP contribution in [0.4, 0.5) is 16.2 Å². The molecule has 2 aliphatic heterocycles. The highest BCUT2D eigenvalue weighted by atomic mass is 16.5. The molecule has 0 aromatic heterocycles. The Bertz CT molecular complexity index is 1020. The van der Waals surface area contributed by atoms with Crippen LogP contribution in [0.3, 0.4) is 0 Å². The average Bonchev–Trinajstić information content (AvgIpc) is 3.00. The van der Waals surface area contributed by atoms with Crippen molar-refractivity contribution < 1.29 is 14.3 Å². The van der Waals surface area contributed by atoms with Gasteiger partial charge in [0.25, 0.3) is 5.91 Å². The van der Waals surface area contributed by atoms with Crippen LogP contribution in [0.2, 0.25) is 0 Å². The van der Waals surface area contributed by atoms with Crippen molar-refractivity contribution in [3.8, 4) is 5.75 Å². The number of methoxy groups -OCH3 is 1. The minimum atomic E-state index is -0.417. The predicted molar refractivity (Wildman–Crippen MR) is 119 cm³/mol. The van der Waals surface area contributed by atoms with Gasteiger partial charge >= 0.3 is 6.03 Å². The second kappa shape index (κ2) is 7.86. The maximum Gasteiger partial charge on any atom is 0.333 e. The Morgan fingerprint density at radius 1 is 1.10 bits per heavy atom. The van der Waals surface area contributed by atoms with Crippen LogP contribution in [0.5, 0.6) is 5.75 Å². The van der Waals surface area contributed by atoms with Crippen LogP contribution in [0.1, 0.15) is 37.0 Å². The summed E-state index contributed by atoms with van der Waals surface area (Å²) < 4.78 is 5.16. The fraction of sp³-hybridized carbons (Fsp3) is 0.333. The number of imide groups is 1. The van der Waals surface area contributed by atoms with Gasteiger partial charge in [-0.25, -0.2) is 9.69 Å². The summed E-state index contributed by atoms with van der Waals surface area (Å²) >= 11 is 0. The summed E-state index contributed by atoms with van der Waals surface area (Å²) in [4.78, 5) is 29.4. The molecule has 0 aliphatic carbocycles. The molecule has 1 fully saturated rings. The van der Waals surface area contributed by atoms with Crippen molar-refractivity contribution in [1.29, 1.82) is 0 Å². The van der Waals surface area contributed by atoms with E-state index in [2.05, 4.69) is 30.1 Å². The Morgan fingerprint density at radius 3 is 2.50 bits per heavy atom. The number of nitrogens with one attached hydrogen (secondary N) is 1. The van der Waals surface area contributed by atoms with E-state index < -0.39 is 6.03 Å². The summed E-state index contributed by atoms with van der Waals surface area (Å²) in [5, 5.41) is 2.72. The van der Waals surface area contributed by atoms with Crippen molar-refractivity contribution in [2.45, 2.75) is 39.7 Å². The van der Waals surface area contributed by atoms with E-state index in [-0.39, 0.29) is 11.6 Å². The SMILES string of the molecule is COc1ccc(C=C2NC(=O)N(c3cc4c(cc3C)N(C(C)C)CCC4)C2=O)cc1. The number of hydrogen-bond donors (Lipinski definition) is 1. The first-order chi connectivity index (χ1) is 14.4. The Hall–Kier alpha value is -3.28. The highest BCUT2D eigenvalue weighted by Crippen LogP contribution is 2.36. The third-order valence-electron chi connectivity index (χ3n) is 5.72. The van der Waals surface area contributed by atoms with Gasteiger partial charge in [0.05, 0.1) is 12.8 Å². The van der Waals surface area contributed by atoms with Crippen molar-refractivity contribution in [3.05, 3.63) is 58.8 Å². The first-order valence-corrected chi connectivity index (χ1v) is 10.3. The Kier molecular flexibility index (Phi) is 5.24. The maximum atomic E-state index is 13.1. The number of rotatable bonds is 4. The van der Waals surface area contributed by atoms with Crippen LogP contribution in [-0.2, 0) is 11.2 Å². The molecule has 3 amide bonds. The number of amides is 3. The van der Waals surface area contributed by atoms with E-state index in [1.807, 2.05) is 37.3 Å². The summed E-state index contributed by atoms with van der Waals surface area (Å²) in [6.45, 7) is 7.36. The summed E-state index contributed by atoms with van der Waals surface area (Å²) in [6, 6.07) is 11.4. The Morgan fingerprint density at radius 2 is 1.83 bits per heavy atom. The molecule has 1 saturated heterocycles. The molecule has 4 rings (SSSR count). The van der Waals surface area contributed by atoms with Crippen LogP contribution in [-0.4, -0.2) is 31.6 Å². The number of benzene rings is 2. The molecule has 0 radical (unpaired) electrons. The average molecular weight is 405 g/mol. The highest BCUT2D eigenvalue weighted by molar-refractivity contribution is 6.28. The summed E-state index contributed by atoms with van der Waals surface area (Å²) in [6.07, 6.45) is 3.70. The second-order valence-corrected chi connectivity index (χ2v) is 8.06. The predicted octanol–water partition coefficient (Wildman–Crippen LogP) is 4.26. The van der Waals surface area contributed by atoms with Gasteiger partial charge in [-0.3, -0.25) is 4.79 Å². The number of nitrogens with zero attached hydrogens (tertiary/aromatic N) is 2. The first kappa shape index (κ1) is 20.0. The quantitative estimate of drug-likeness (QED) is 0.610. The van der Waals surface area contributed by atoms with Gasteiger partial charge in [-0.2, -0.15) is 0 Å². The van der Waals surface area contributed by atoms with Gasteiger partial charge in [-0.05, 0) is 80.6 Å². The molecule has 0 spiro atoms. The molecule has 2 aromatic rings. The van der Waals surface area contributed by atoms with Crippen LogP contribution in [0, 0.1) is 6.92 Å². The molecule has 6 nitrogen and oxygen atoms in total. The van der Waals surface area contributed by atoms with Crippen LogP contribution in [0.15, 0.2) is 42.1 Å². The molecule has 2 aromatic carbocycles. The van der Waals surface area contributed by atoms with Crippen molar-refractivity contribution in [2.75, 3.05) is 23.5 Å². The largest absolute Gasteiger partial charge is 0.497 e. The van der Waals surface area contributed by atoms with Crippen molar-refractivity contribution >= 4 is 29.4 Å². The number of anilines is 2. The zero-order valence-corrected chi connectivity index (χ0v) is 17.9. The molecule has 0 atom stereocenters. The molecule has 1 N–H and O–H groups in total. The minimum Gasteiger partial charge on any atom is -0.497 e. The second-order valence-electron chi connectivity index (χ2n) is 8.06. The van der Waals surface area contributed by atoms with E-state index in [1.165, 1.54) is 16.2 Å². The standard InChI is InChI=1S/C24H27N3O3/c1-15(2)26-11-5-6-18-14-21(16(3)12-22(18)26)27-23(28)20(25-24(27)29)13-17-7-9-19(30-4)10-8-17/h7-10,12-15H,5-6,11H2,1-4H3,(H,25,29). The normalized spacial score (nSPS) is 17.6. The summed E-state index contributed by atoms with van der Waals surface area (Å²) in [7, 11) is 1.60. The molecule has 0 saturated carbocycles. The maximum absolute atomic E-state index is 13.1. The number of carbonyl (C=O) groups excluding carboxylic acids is 2. The lowest BCUT2D eigenvalue weighted by Crippen LogP contribution is -2.36. The van der Waals surface area contributed by atoms with E-state index in [4.69, 9.17) is 4.74 Å². The minimum absolute atomic E-state index is 0.270. The molecule has 2 heterocycles. The van der Waals surface area contributed by atoms with E-state index in [1.54, 1.807) is 13.2 Å². The van der Waals surface area contributed by atoms with Gasteiger partial charge in [0, 0.05) is 18.3 Å². The smallest absolute Gasteiger partial charge is 0.333 e. The number of ether oxygens (including phenoxy) is 1. The Labute approximate surface area is 177 Å². The third-order valence-corrected chi connectivity index (χ3v) is 5.72. The van der Waals surface area contributed by atoms with E-state index in [0.29, 0.717) is 11.7 Å². The lowest BCUT2D eigenvalue weighted by molar-refractivity contribution is -0.113. The third kappa shape index (κ3) is 3.54. The molecular weight excluding hydrogens is 378 g/mol. The molecule has 0 bridgehead atoms. The molecule has 2 aliphatic rings. The number of aryl methyl sites for hydroxylation is 2. The lowest BCUT2D eigenvalue weighted by atomic mass is 9.97. The number of urea groups is 1. The number of fused-ring (bicyclic) bond motifs is 1. The topological polar surface area (TPSA) is 61.9 Å². The molecule has 156 valence electrons. The fourth-order valence-electron chi connectivity index (χ4n) is 4.15. The van der Waals surface area contributed by atoms with Gasteiger partial charge in [-0.15, -0.1) is 0 Å². The first-order valence-electron chi connectivity index (χ1n) is 10.3. The van der Waals surface area contributed by atoms with Crippen LogP contribution in [0.25, 0.3) is 6.08 Å². The van der Waals surface area contributed by atoms with E-state index >= 15 is 0 Å². The highest BCUT2D eigenvalue weighted by Gasteiger charge is 2.36. The zero-order valence-electron chi connectivity index (χ0n) is 17.9. The van der Waals surface area contributed by atoms with Crippen molar-refractivity contribution in [2.24, 2.45) is 0 Å². The monoisotopic (exact) mass is 405 g/mol. The molecule has 0 unspecified atom stereocenters. The van der Waals surface area contributed by atoms with Crippen molar-refractivity contribution in [3.63, 3.8) is 0 Å². The van der Waals surface area contributed by atoms with Gasteiger partial charge in [0.15, 0.2) is 0 Å². The lowest BCUT2D eigenvalue weighted by Gasteiger charge is -2.35. The van der Waals surface area contributed by atoms with Crippen LogP contribution < -0.4 is 19.9 Å². The Balaban J connectivity index is 1.66. The number of hydrogen-bond acceptors (Lipinski definition) is 4. The van der Waals surface area contributed by atoms with Gasteiger partial charge < -0.3 is 15.0 Å². The van der Waals surface area contributed by atoms with Gasteiger partial charge in [0.1, 0.15) is 11.4 Å². The van der Waals surface area contributed by atoms with E-state index in [0.717, 1.165) is 36.3 Å². The molecule has 6 heteroatoms.